The largest absolute Gasteiger partial charge is 0.459 e. The maximum Gasteiger partial charge on any atom is 0.333 e. The van der Waals surface area contributed by atoms with Crippen molar-refractivity contribution >= 4 is 17.1 Å². The van der Waals surface area contributed by atoms with Gasteiger partial charge in [-0.3, -0.25) is 14.2 Å². The molecule has 0 amide bonds. The van der Waals surface area contributed by atoms with E-state index in [1.54, 1.807) is 10.9 Å². The van der Waals surface area contributed by atoms with Gasteiger partial charge in [0.15, 0.2) is 11.2 Å². The molecule has 0 N–H and O–H groups in total. The van der Waals surface area contributed by atoms with Crippen LogP contribution in [0.5, 0.6) is 0 Å². The van der Waals surface area contributed by atoms with E-state index in [1.807, 2.05) is 76.2 Å². The number of fused-ring (bicyclic) bond motifs is 1. The number of ether oxygens (including phenoxy) is 1. The van der Waals surface area contributed by atoms with E-state index in [-0.39, 0.29) is 19.1 Å². The molecule has 0 unspecified atom stereocenters. The Bertz CT molecular complexity index is 1460. The second-order valence-electron chi connectivity index (χ2n) is 9.37. The first kappa shape index (κ1) is 24.2. The lowest BCUT2D eigenvalue weighted by Crippen LogP contribution is -2.42. The maximum atomic E-state index is 13.4. The van der Waals surface area contributed by atoms with Gasteiger partial charge in [-0.15, -0.1) is 0 Å². The molecule has 0 radical (unpaired) electrons. The molecule has 8 heteroatoms. The zero-order chi connectivity index (χ0) is 25.1. The molecule has 0 saturated carbocycles. The first-order valence-electron chi connectivity index (χ1n) is 11.7. The summed E-state index contributed by atoms with van der Waals surface area (Å²) in [6.07, 6.45) is 1.58. The van der Waals surface area contributed by atoms with Gasteiger partial charge in [-0.25, -0.2) is 14.3 Å². The highest BCUT2D eigenvalue weighted by atomic mass is 16.5. The summed E-state index contributed by atoms with van der Waals surface area (Å²) in [6, 6.07) is 15.4. The van der Waals surface area contributed by atoms with E-state index in [4.69, 9.17) is 4.74 Å². The van der Waals surface area contributed by atoms with E-state index < -0.39 is 23.8 Å². The average Bonchev–Trinajstić information content (AvgIpc) is 3.21. The summed E-state index contributed by atoms with van der Waals surface area (Å²) >= 11 is 0. The molecule has 0 fully saturated rings. The van der Waals surface area contributed by atoms with Gasteiger partial charge < -0.3 is 9.30 Å². The molecule has 2 aromatic heterocycles. The summed E-state index contributed by atoms with van der Waals surface area (Å²) in [5.41, 5.74) is 3.35. The quantitative estimate of drug-likeness (QED) is 0.365. The molecule has 0 spiro atoms. The van der Waals surface area contributed by atoms with E-state index in [1.165, 1.54) is 4.57 Å². The molecule has 4 aromatic rings. The number of aromatic nitrogens is 4. The monoisotopic (exact) mass is 474 g/mol. The number of benzene rings is 2. The highest BCUT2D eigenvalue weighted by Crippen LogP contribution is 2.13. The Morgan fingerprint density at radius 3 is 2.31 bits per heavy atom. The Labute approximate surface area is 203 Å². The zero-order valence-electron chi connectivity index (χ0n) is 20.5. The Balaban J connectivity index is 1.71. The van der Waals surface area contributed by atoms with E-state index in [9.17, 15) is 14.4 Å². The van der Waals surface area contributed by atoms with Crippen molar-refractivity contribution < 1.29 is 9.53 Å². The molecule has 2 heterocycles. The zero-order valence-corrected chi connectivity index (χ0v) is 20.5. The van der Waals surface area contributed by atoms with Gasteiger partial charge in [-0.05, 0) is 30.9 Å². The molecule has 0 aliphatic carbocycles. The number of rotatable bonds is 8. The molecular formula is C27H30N4O4. The van der Waals surface area contributed by atoms with Gasteiger partial charge >= 0.3 is 11.7 Å². The normalized spacial score (nSPS) is 11.3. The minimum Gasteiger partial charge on any atom is -0.459 e. The number of carbonyl (C=O) groups is 1. The van der Waals surface area contributed by atoms with E-state index >= 15 is 0 Å². The second kappa shape index (κ2) is 10.1. The van der Waals surface area contributed by atoms with Gasteiger partial charge in [0.2, 0.25) is 0 Å². The fourth-order valence-electron chi connectivity index (χ4n) is 4.31. The summed E-state index contributed by atoms with van der Waals surface area (Å²) in [6.45, 7) is 8.41. The van der Waals surface area contributed by atoms with Crippen molar-refractivity contribution in [2.24, 2.45) is 5.92 Å². The van der Waals surface area contributed by atoms with Crippen LogP contribution >= 0.6 is 0 Å². The summed E-state index contributed by atoms with van der Waals surface area (Å²) in [5.74, 6) is -0.388. The van der Waals surface area contributed by atoms with E-state index in [2.05, 4.69) is 4.98 Å². The van der Waals surface area contributed by atoms with Crippen molar-refractivity contribution in [3.63, 3.8) is 0 Å². The number of esters is 1. The van der Waals surface area contributed by atoms with Crippen molar-refractivity contribution in [1.82, 2.24) is 18.7 Å². The fourth-order valence-corrected chi connectivity index (χ4v) is 4.31. The van der Waals surface area contributed by atoms with Crippen LogP contribution < -0.4 is 11.2 Å². The standard InChI is InChI=1S/C27H30N4O4/c1-18(2)13-29-17-28-25-24(29)26(33)31(27(34)30(25)14-21-8-6-5-7-9-21)15-23(32)35-16-22-11-19(3)10-20(4)12-22/h5-12,17-18H,13-16H2,1-4H3. The maximum absolute atomic E-state index is 13.4. The minimum atomic E-state index is -0.649. The van der Waals surface area contributed by atoms with Crippen molar-refractivity contribution in [3.8, 4) is 0 Å². The van der Waals surface area contributed by atoms with Gasteiger partial charge in [0.25, 0.3) is 5.56 Å². The van der Waals surface area contributed by atoms with Crippen LogP contribution in [-0.4, -0.2) is 24.7 Å². The topological polar surface area (TPSA) is 88.1 Å². The van der Waals surface area contributed by atoms with Crippen molar-refractivity contribution in [2.75, 3.05) is 0 Å². The first-order valence-corrected chi connectivity index (χ1v) is 11.7. The minimum absolute atomic E-state index is 0.0713. The molecule has 8 nitrogen and oxygen atoms in total. The lowest BCUT2D eigenvalue weighted by molar-refractivity contribution is -0.145. The van der Waals surface area contributed by atoms with Crippen LogP contribution in [0.2, 0.25) is 0 Å². The molecule has 182 valence electrons. The summed E-state index contributed by atoms with van der Waals surface area (Å²) < 4.78 is 9.58. The number of imidazole rings is 1. The van der Waals surface area contributed by atoms with Crippen LogP contribution in [-0.2, 0) is 35.8 Å². The van der Waals surface area contributed by atoms with Crippen molar-refractivity contribution in [3.05, 3.63) is 98.0 Å². The Hall–Kier alpha value is -3.94. The van der Waals surface area contributed by atoms with E-state index in [0.717, 1.165) is 26.8 Å². The first-order chi connectivity index (χ1) is 16.7. The van der Waals surface area contributed by atoms with Gasteiger partial charge in [0, 0.05) is 6.54 Å². The molecular weight excluding hydrogens is 444 g/mol. The lowest BCUT2D eigenvalue weighted by Gasteiger charge is -2.13. The van der Waals surface area contributed by atoms with Crippen LogP contribution in [0.15, 0.2) is 64.4 Å². The van der Waals surface area contributed by atoms with Crippen LogP contribution in [0.25, 0.3) is 11.2 Å². The second-order valence-corrected chi connectivity index (χ2v) is 9.37. The van der Waals surface area contributed by atoms with Gasteiger partial charge in [0.05, 0.1) is 12.9 Å². The third-order valence-electron chi connectivity index (χ3n) is 5.70. The Morgan fingerprint density at radius 1 is 0.971 bits per heavy atom. The predicted molar refractivity (Wildman–Crippen MR) is 134 cm³/mol. The van der Waals surface area contributed by atoms with Crippen LogP contribution in [0.4, 0.5) is 0 Å². The molecule has 35 heavy (non-hydrogen) atoms. The number of hydrogen-bond acceptors (Lipinski definition) is 5. The Kier molecular flexibility index (Phi) is 7.00. The van der Waals surface area contributed by atoms with Gasteiger partial charge in [0.1, 0.15) is 13.2 Å². The molecule has 0 aliphatic heterocycles. The number of aryl methyl sites for hydroxylation is 2. The molecule has 0 atom stereocenters. The molecule has 0 bridgehead atoms. The highest BCUT2D eigenvalue weighted by Gasteiger charge is 2.21. The number of carbonyl (C=O) groups excluding carboxylic acids is 1. The van der Waals surface area contributed by atoms with Crippen LogP contribution in [0.3, 0.4) is 0 Å². The molecule has 4 rings (SSSR count). The third-order valence-corrected chi connectivity index (χ3v) is 5.70. The van der Waals surface area contributed by atoms with Gasteiger partial charge in [-0.1, -0.05) is 73.5 Å². The summed E-state index contributed by atoms with van der Waals surface area (Å²) in [7, 11) is 0. The van der Waals surface area contributed by atoms with E-state index in [0.29, 0.717) is 17.7 Å². The predicted octanol–water partition coefficient (Wildman–Crippen LogP) is 3.42. The molecule has 0 aliphatic rings. The van der Waals surface area contributed by atoms with Gasteiger partial charge in [-0.2, -0.15) is 0 Å². The van der Waals surface area contributed by atoms with Crippen molar-refractivity contribution in [2.45, 2.75) is 53.9 Å². The molecule has 2 aromatic carbocycles. The smallest absolute Gasteiger partial charge is 0.333 e. The summed E-state index contributed by atoms with van der Waals surface area (Å²) in [4.78, 5) is 43.9. The van der Waals surface area contributed by atoms with Crippen LogP contribution in [0, 0.1) is 19.8 Å². The fraction of sp³-hybridized carbons (Fsp3) is 0.333. The molecule has 0 saturated heterocycles. The lowest BCUT2D eigenvalue weighted by atomic mass is 10.1. The Morgan fingerprint density at radius 2 is 1.66 bits per heavy atom. The number of hydrogen-bond donors (Lipinski definition) is 0. The number of nitrogens with zero attached hydrogens (tertiary/aromatic N) is 4. The SMILES string of the molecule is Cc1cc(C)cc(COC(=O)Cn2c(=O)c3c(ncn3CC(C)C)n(Cc3ccccc3)c2=O)c1. The van der Waals surface area contributed by atoms with Crippen LogP contribution in [0.1, 0.15) is 36.1 Å². The van der Waals surface area contributed by atoms with Crippen molar-refractivity contribution in [1.29, 1.82) is 0 Å². The average molecular weight is 475 g/mol. The summed E-state index contributed by atoms with van der Waals surface area (Å²) in [5, 5.41) is 0. The third kappa shape index (κ3) is 5.42. The highest BCUT2D eigenvalue weighted by molar-refractivity contribution is 5.72.